The van der Waals surface area contributed by atoms with Crippen LogP contribution in [0.3, 0.4) is 0 Å². The maximum atomic E-state index is 4.84. The molecule has 41 heavy (non-hydrogen) atoms. The Hall–Kier alpha value is -3.54. The summed E-state index contributed by atoms with van der Waals surface area (Å²) in [4.78, 5) is 28.8. The Morgan fingerprint density at radius 1 is 0.537 bits per heavy atom. The lowest BCUT2D eigenvalue weighted by molar-refractivity contribution is 0.456. The predicted octanol–water partition coefficient (Wildman–Crippen LogP) is 8.95. The normalized spacial score (nSPS) is 12.1. The molecular formula is C35H46N6. The predicted molar refractivity (Wildman–Crippen MR) is 169 cm³/mol. The number of aryl methyl sites for hydroxylation is 1. The zero-order valence-electron chi connectivity index (χ0n) is 26.0. The lowest BCUT2D eigenvalue weighted by Crippen LogP contribution is -2.17. The van der Waals surface area contributed by atoms with Crippen molar-refractivity contribution in [1.29, 1.82) is 0 Å². The molecule has 0 bridgehead atoms. The number of aromatic nitrogens is 6. The van der Waals surface area contributed by atoms with Crippen LogP contribution in [0, 0.1) is 0 Å². The van der Waals surface area contributed by atoms with Gasteiger partial charge in [-0.15, -0.1) is 0 Å². The van der Waals surface area contributed by atoms with Crippen molar-refractivity contribution in [1.82, 2.24) is 29.9 Å². The van der Waals surface area contributed by atoms with Gasteiger partial charge in [0.25, 0.3) is 0 Å². The van der Waals surface area contributed by atoms with Gasteiger partial charge in [-0.05, 0) is 65.0 Å². The van der Waals surface area contributed by atoms with E-state index in [4.69, 9.17) is 29.9 Å². The number of rotatable bonds is 12. The Kier molecular flexibility index (Phi) is 9.95. The zero-order valence-corrected chi connectivity index (χ0v) is 26.0. The van der Waals surface area contributed by atoms with Crippen molar-refractivity contribution in [2.24, 2.45) is 0 Å². The minimum absolute atomic E-state index is 0.0136. The fraction of sp³-hybridized carbons (Fsp3) is 0.486. The summed E-state index contributed by atoms with van der Waals surface area (Å²) in [5.41, 5.74) is 5.83. The van der Waals surface area contributed by atoms with Gasteiger partial charge in [0.05, 0.1) is 0 Å². The first-order valence-corrected chi connectivity index (χ1v) is 15.3. The monoisotopic (exact) mass is 550 g/mol. The quantitative estimate of drug-likeness (QED) is 0.164. The van der Waals surface area contributed by atoms with Crippen LogP contribution in [0.2, 0.25) is 0 Å². The van der Waals surface area contributed by atoms with E-state index < -0.39 is 0 Å². The Morgan fingerprint density at radius 3 is 1.49 bits per heavy atom. The fourth-order valence-electron chi connectivity index (χ4n) is 4.84. The average molecular weight is 551 g/mol. The van der Waals surface area contributed by atoms with Crippen LogP contribution in [0.5, 0.6) is 0 Å². The van der Waals surface area contributed by atoms with E-state index in [0.29, 0.717) is 28.9 Å². The highest BCUT2D eigenvalue weighted by Gasteiger charge is 2.21. The number of hydrogen-bond acceptors (Lipinski definition) is 6. The second-order valence-electron chi connectivity index (χ2n) is 12.8. The third-order valence-corrected chi connectivity index (χ3v) is 7.80. The molecule has 4 aromatic heterocycles. The molecule has 0 spiro atoms. The summed E-state index contributed by atoms with van der Waals surface area (Å²) in [6.45, 7) is 15.6. The summed E-state index contributed by atoms with van der Waals surface area (Å²) in [5, 5.41) is 0. The van der Waals surface area contributed by atoms with Gasteiger partial charge in [0.1, 0.15) is 17.1 Å². The molecule has 0 fully saturated rings. The van der Waals surface area contributed by atoms with Crippen LogP contribution in [-0.4, -0.2) is 29.9 Å². The molecule has 0 aliphatic carbocycles. The van der Waals surface area contributed by atoms with E-state index in [1.165, 1.54) is 49.7 Å². The highest BCUT2D eigenvalue weighted by Crippen LogP contribution is 2.30. The van der Waals surface area contributed by atoms with Crippen LogP contribution >= 0.6 is 0 Å². The number of hydrogen-bond donors (Lipinski definition) is 0. The standard InChI is InChI=1S/C35H46N6/c1-8-10-12-13-14-25-15-18-28(36-22-25)31-39-32(29-19-16-26(23-37-29)34(3,4)5)41-33(40-31)30-20-17-27(24-38-30)35(6,7)21-11-9-2/h15-20,22-24H,8-14,21H2,1-7H3. The summed E-state index contributed by atoms with van der Waals surface area (Å²) >= 11 is 0. The molecule has 4 rings (SSSR count). The Bertz CT molecular complexity index is 1390. The van der Waals surface area contributed by atoms with Gasteiger partial charge in [-0.1, -0.05) is 98.8 Å². The molecule has 0 atom stereocenters. The van der Waals surface area contributed by atoms with Crippen molar-refractivity contribution in [2.75, 3.05) is 0 Å². The van der Waals surface area contributed by atoms with Gasteiger partial charge in [0, 0.05) is 18.6 Å². The van der Waals surface area contributed by atoms with Crippen molar-refractivity contribution >= 4 is 0 Å². The maximum Gasteiger partial charge on any atom is 0.182 e. The van der Waals surface area contributed by atoms with Crippen molar-refractivity contribution in [2.45, 2.75) is 111 Å². The first kappa shape index (κ1) is 30.4. The largest absolute Gasteiger partial charge is 0.253 e. The van der Waals surface area contributed by atoms with Gasteiger partial charge in [-0.3, -0.25) is 15.0 Å². The molecule has 0 N–H and O–H groups in total. The first-order chi connectivity index (χ1) is 19.6. The van der Waals surface area contributed by atoms with Gasteiger partial charge in [-0.25, -0.2) is 15.0 Å². The van der Waals surface area contributed by atoms with Crippen molar-refractivity contribution < 1.29 is 0 Å². The highest BCUT2D eigenvalue weighted by atomic mass is 15.1. The smallest absolute Gasteiger partial charge is 0.182 e. The van der Waals surface area contributed by atoms with Crippen LogP contribution in [0.15, 0.2) is 55.0 Å². The van der Waals surface area contributed by atoms with Crippen LogP contribution in [-0.2, 0) is 17.3 Å². The fourth-order valence-corrected chi connectivity index (χ4v) is 4.84. The molecule has 4 aromatic rings. The third kappa shape index (κ3) is 8.02. The second kappa shape index (κ2) is 13.4. The van der Waals surface area contributed by atoms with E-state index in [9.17, 15) is 0 Å². The molecule has 0 saturated carbocycles. The lowest BCUT2D eigenvalue weighted by Gasteiger charge is -2.24. The van der Waals surface area contributed by atoms with Crippen molar-refractivity contribution in [3.05, 3.63) is 71.7 Å². The molecule has 0 aromatic carbocycles. The summed E-state index contributed by atoms with van der Waals surface area (Å²) < 4.78 is 0. The van der Waals surface area contributed by atoms with E-state index in [0.717, 1.165) is 24.1 Å². The molecule has 0 radical (unpaired) electrons. The van der Waals surface area contributed by atoms with Gasteiger partial charge in [0.15, 0.2) is 17.5 Å². The molecule has 0 saturated heterocycles. The highest BCUT2D eigenvalue weighted by molar-refractivity contribution is 5.62. The summed E-state index contributed by atoms with van der Waals surface area (Å²) in [6.07, 6.45) is 15.3. The Balaban J connectivity index is 1.70. The minimum Gasteiger partial charge on any atom is -0.253 e. The molecule has 0 amide bonds. The third-order valence-electron chi connectivity index (χ3n) is 7.80. The molecule has 0 unspecified atom stereocenters. The molecule has 6 nitrogen and oxygen atoms in total. The minimum atomic E-state index is 0.0136. The summed E-state index contributed by atoms with van der Waals surface area (Å²) in [6, 6.07) is 12.4. The van der Waals surface area contributed by atoms with Crippen molar-refractivity contribution in [3.63, 3.8) is 0 Å². The second-order valence-corrected chi connectivity index (χ2v) is 12.8. The van der Waals surface area contributed by atoms with E-state index in [2.05, 4.69) is 66.7 Å². The van der Waals surface area contributed by atoms with Crippen LogP contribution in [0.25, 0.3) is 34.6 Å². The molecule has 6 heteroatoms. The van der Waals surface area contributed by atoms with Crippen LogP contribution in [0.4, 0.5) is 0 Å². The van der Waals surface area contributed by atoms with Crippen LogP contribution in [0.1, 0.15) is 110 Å². The SMILES string of the molecule is CCCCCCc1ccc(-c2nc(-c3ccc(C(C)(C)C)cn3)nc(-c3ccc(C(C)(C)CCCC)cn3)n2)nc1. The topological polar surface area (TPSA) is 77.3 Å². The van der Waals surface area contributed by atoms with E-state index in [-0.39, 0.29) is 10.8 Å². The van der Waals surface area contributed by atoms with E-state index in [1.807, 2.05) is 36.8 Å². The molecular weight excluding hydrogens is 504 g/mol. The average Bonchev–Trinajstić information content (AvgIpc) is 2.98. The van der Waals surface area contributed by atoms with Gasteiger partial charge in [0.2, 0.25) is 0 Å². The number of pyridine rings is 3. The summed E-state index contributed by atoms with van der Waals surface area (Å²) in [5.74, 6) is 1.57. The van der Waals surface area contributed by atoms with E-state index >= 15 is 0 Å². The zero-order chi connectivity index (χ0) is 29.5. The number of nitrogens with zero attached hydrogens (tertiary/aromatic N) is 6. The van der Waals surface area contributed by atoms with E-state index in [1.54, 1.807) is 0 Å². The maximum absolute atomic E-state index is 4.84. The van der Waals surface area contributed by atoms with Crippen LogP contribution < -0.4 is 0 Å². The Labute approximate surface area is 246 Å². The molecule has 0 aliphatic heterocycles. The summed E-state index contributed by atoms with van der Waals surface area (Å²) in [7, 11) is 0. The molecule has 0 aliphatic rings. The first-order valence-electron chi connectivity index (χ1n) is 15.3. The lowest BCUT2D eigenvalue weighted by atomic mass is 9.81. The van der Waals surface area contributed by atoms with Gasteiger partial charge < -0.3 is 0 Å². The molecule has 216 valence electrons. The number of unbranched alkanes of at least 4 members (excludes halogenated alkanes) is 4. The molecule has 4 heterocycles. The van der Waals surface area contributed by atoms with Gasteiger partial charge >= 0.3 is 0 Å². The van der Waals surface area contributed by atoms with Gasteiger partial charge in [-0.2, -0.15) is 0 Å². The van der Waals surface area contributed by atoms with Crippen molar-refractivity contribution in [3.8, 4) is 34.6 Å². The Morgan fingerprint density at radius 2 is 1.05 bits per heavy atom.